The Hall–Kier alpha value is -1.56. The van der Waals surface area contributed by atoms with Crippen LogP contribution in [0.15, 0.2) is 30.3 Å². The van der Waals surface area contributed by atoms with Gasteiger partial charge < -0.3 is 4.90 Å². The summed E-state index contributed by atoms with van der Waals surface area (Å²) in [4.78, 5) is 14.5. The van der Waals surface area contributed by atoms with E-state index < -0.39 is 10.0 Å². The van der Waals surface area contributed by atoms with Gasteiger partial charge in [-0.15, -0.1) is 0 Å². The molecule has 1 aliphatic heterocycles. The number of benzene rings is 1. The number of piperidine rings is 1. The molecule has 1 heterocycles. The van der Waals surface area contributed by atoms with Crippen LogP contribution in [0.2, 0.25) is 0 Å². The van der Waals surface area contributed by atoms with E-state index in [4.69, 9.17) is 0 Å². The first kappa shape index (κ1) is 17.8. The summed E-state index contributed by atoms with van der Waals surface area (Å²) in [5, 5.41) is 0. The van der Waals surface area contributed by atoms with E-state index in [2.05, 4.69) is 6.92 Å². The van der Waals surface area contributed by atoms with Crippen LogP contribution in [-0.4, -0.2) is 44.6 Å². The predicted octanol–water partition coefficient (Wildman–Crippen LogP) is 2.63. The largest absolute Gasteiger partial charge is 0.340 e. The fraction of sp³-hybridized carbons (Fsp3) is 0.588. The second kappa shape index (κ2) is 7.81. The number of hydrogen-bond acceptors (Lipinski definition) is 3. The maximum Gasteiger partial charge on any atom is 0.232 e. The summed E-state index contributed by atoms with van der Waals surface area (Å²) in [6, 6.07) is 9.25. The zero-order valence-corrected chi connectivity index (χ0v) is 14.8. The third-order valence-corrected chi connectivity index (χ3v) is 5.59. The summed E-state index contributed by atoms with van der Waals surface area (Å²) < 4.78 is 25.4. The van der Waals surface area contributed by atoms with Crippen LogP contribution >= 0.6 is 0 Å². The van der Waals surface area contributed by atoms with Crippen molar-refractivity contribution in [2.24, 2.45) is 0 Å². The first-order valence-corrected chi connectivity index (χ1v) is 10.1. The third kappa shape index (κ3) is 4.70. The third-order valence-electron chi connectivity index (χ3n) is 4.39. The van der Waals surface area contributed by atoms with Crippen LogP contribution < -0.4 is 4.31 Å². The number of anilines is 1. The zero-order chi connectivity index (χ0) is 16.9. The Kier molecular flexibility index (Phi) is 6.04. The number of likely N-dealkylation sites (tertiary alicyclic amines) is 1. The van der Waals surface area contributed by atoms with Crippen molar-refractivity contribution in [2.45, 2.75) is 45.1 Å². The lowest BCUT2D eigenvalue weighted by Gasteiger charge is -2.36. The van der Waals surface area contributed by atoms with Gasteiger partial charge in [-0.3, -0.25) is 9.10 Å². The monoisotopic (exact) mass is 338 g/mol. The lowest BCUT2D eigenvalue weighted by Crippen LogP contribution is -2.44. The quantitative estimate of drug-likeness (QED) is 0.801. The van der Waals surface area contributed by atoms with Crippen molar-refractivity contribution in [1.82, 2.24) is 4.90 Å². The van der Waals surface area contributed by atoms with Gasteiger partial charge in [-0.2, -0.15) is 0 Å². The van der Waals surface area contributed by atoms with Gasteiger partial charge in [-0.1, -0.05) is 25.1 Å². The molecule has 1 aromatic rings. The van der Waals surface area contributed by atoms with E-state index in [1.165, 1.54) is 17.0 Å². The summed E-state index contributed by atoms with van der Waals surface area (Å²) in [7, 11) is -3.40. The molecule has 1 fully saturated rings. The Morgan fingerprint density at radius 3 is 2.57 bits per heavy atom. The van der Waals surface area contributed by atoms with E-state index in [0.29, 0.717) is 11.7 Å². The summed E-state index contributed by atoms with van der Waals surface area (Å²) in [5.41, 5.74) is 0.605. The number of sulfonamides is 1. The van der Waals surface area contributed by atoms with E-state index in [1.807, 2.05) is 11.0 Å². The van der Waals surface area contributed by atoms with Gasteiger partial charge in [0.25, 0.3) is 0 Å². The molecular weight excluding hydrogens is 312 g/mol. The maximum absolute atomic E-state index is 12.5. The molecule has 6 heteroatoms. The van der Waals surface area contributed by atoms with Crippen molar-refractivity contribution in [2.75, 3.05) is 23.7 Å². The van der Waals surface area contributed by atoms with Crippen molar-refractivity contribution in [1.29, 1.82) is 0 Å². The van der Waals surface area contributed by atoms with Crippen molar-refractivity contribution < 1.29 is 13.2 Å². The number of amides is 1. The predicted molar refractivity (Wildman–Crippen MR) is 92.9 cm³/mol. The molecule has 0 N–H and O–H groups in total. The van der Waals surface area contributed by atoms with Gasteiger partial charge in [-0.25, -0.2) is 8.42 Å². The smallest absolute Gasteiger partial charge is 0.232 e. The van der Waals surface area contributed by atoms with Gasteiger partial charge >= 0.3 is 0 Å². The van der Waals surface area contributed by atoms with Gasteiger partial charge in [-0.05, 0) is 37.8 Å². The number of para-hydroxylation sites is 1. The van der Waals surface area contributed by atoms with Crippen molar-refractivity contribution in [3.63, 3.8) is 0 Å². The Bertz CT molecular complexity index is 616. The molecular formula is C17H26N2O3S. The van der Waals surface area contributed by atoms with E-state index in [-0.39, 0.29) is 18.9 Å². The second-order valence-electron chi connectivity index (χ2n) is 6.07. The highest BCUT2D eigenvalue weighted by molar-refractivity contribution is 7.92. The number of hydrogen-bond donors (Lipinski definition) is 0. The van der Waals surface area contributed by atoms with Crippen molar-refractivity contribution in [3.8, 4) is 0 Å². The molecule has 23 heavy (non-hydrogen) atoms. The first-order chi connectivity index (χ1) is 10.9. The minimum atomic E-state index is -3.40. The van der Waals surface area contributed by atoms with Crippen LogP contribution in [0.4, 0.5) is 5.69 Å². The molecule has 1 amide bonds. The van der Waals surface area contributed by atoms with Gasteiger partial charge in [0, 0.05) is 25.6 Å². The normalized spacial score (nSPS) is 18.7. The van der Waals surface area contributed by atoms with Crippen molar-refractivity contribution >= 4 is 21.6 Å². The average molecular weight is 338 g/mol. The SMILES string of the molecule is CCC1CCCCN1C(=O)CCN(c1ccccc1)S(C)(=O)=O. The molecule has 1 aliphatic rings. The minimum Gasteiger partial charge on any atom is -0.340 e. The van der Waals surface area contributed by atoms with Gasteiger partial charge in [0.15, 0.2) is 0 Å². The summed E-state index contributed by atoms with van der Waals surface area (Å²) in [6.07, 6.45) is 5.62. The number of nitrogens with zero attached hydrogens (tertiary/aromatic N) is 2. The van der Waals surface area contributed by atoms with Crippen molar-refractivity contribution in [3.05, 3.63) is 30.3 Å². The molecule has 1 saturated heterocycles. The highest BCUT2D eigenvalue weighted by Gasteiger charge is 2.26. The standard InChI is InChI=1S/C17H26N2O3S/c1-3-15-9-7-8-13-18(15)17(20)12-14-19(23(2,21)22)16-10-5-4-6-11-16/h4-6,10-11,15H,3,7-9,12-14H2,1-2H3. The molecule has 1 atom stereocenters. The van der Waals surface area contributed by atoms with Crippen LogP contribution in [0.5, 0.6) is 0 Å². The fourth-order valence-electron chi connectivity index (χ4n) is 3.17. The molecule has 2 rings (SSSR count). The molecule has 0 spiro atoms. The molecule has 1 aromatic carbocycles. The molecule has 0 aromatic heterocycles. The molecule has 128 valence electrons. The topological polar surface area (TPSA) is 57.7 Å². The summed E-state index contributed by atoms with van der Waals surface area (Å²) in [6.45, 7) is 3.08. The Labute approximate surface area is 139 Å². The maximum atomic E-state index is 12.5. The zero-order valence-electron chi connectivity index (χ0n) is 13.9. The second-order valence-corrected chi connectivity index (χ2v) is 7.97. The molecule has 1 unspecified atom stereocenters. The number of carbonyl (C=O) groups is 1. The molecule has 0 bridgehead atoms. The van der Waals surface area contributed by atoms with E-state index in [0.717, 1.165) is 25.8 Å². The van der Waals surface area contributed by atoms with E-state index >= 15 is 0 Å². The van der Waals surface area contributed by atoms with Gasteiger partial charge in [0.1, 0.15) is 0 Å². The summed E-state index contributed by atoms with van der Waals surface area (Å²) in [5.74, 6) is 0.0566. The molecule has 5 nitrogen and oxygen atoms in total. The molecule has 0 aliphatic carbocycles. The Balaban J connectivity index is 2.05. The van der Waals surface area contributed by atoms with Crippen LogP contribution in [0.1, 0.15) is 39.0 Å². The van der Waals surface area contributed by atoms with Crippen LogP contribution in [0.25, 0.3) is 0 Å². The van der Waals surface area contributed by atoms with E-state index in [9.17, 15) is 13.2 Å². The van der Waals surface area contributed by atoms with Gasteiger partial charge in [0.2, 0.25) is 15.9 Å². The number of rotatable bonds is 6. The molecule has 0 saturated carbocycles. The van der Waals surface area contributed by atoms with Crippen LogP contribution in [-0.2, 0) is 14.8 Å². The highest BCUT2D eigenvalue weighted by Crippen LogP contribution is 2.22. The average Bonchev–Trinajstić information content (AvgIpc) is 2.54. The Morgan fingerprint density at radius 2 is 1.96 bits per heavy atom. The fourth-order valence-corrected chi connectivity index (χ4v) is 4.10. The number of carbonyl (C=O) groups excluding carboxylic acids is 1. The molecule has 0 radical (unpaired) electrons. The van der Waals surface area contributed by atoms with E-state index in [1.54, 1.807) is 24.3 Å². The lowest BCUT2D eigenvalue weighted by molar-refractivity contribution is -0.134. The van der Waals surface area contributed by atoms with Crippen LogP contribution in [0, 0.1) is 0 Å². The van der Waals surface area contributed by atoms with Gasteiger partial charge in [0.05, 0.1) is 11.9 Å². The van der Waals surface area contributed by atoms with Crippen LogP contribution in [0.3, 0.4) is 0 Å². The lowest BCUT2D eigenvalue weighted by atomic mass is 9.99. The summed E-state index contributed by atoms with van der Waals surface area (Å²) >= 11 is 0. The first-order valence-electron chi connectivity index (χ1n) is 8.25. The minimum absolute atomic E-state index is 0.0566. The highest BCUT2D eigenvalue weighted by atomic mass is 32.2. The Morgan fingerprint density at radius 1 is 1.26 bits per heavy atom.